The second kappa shape index (κ2) is 7.08. The molecule has 2 N–H and O–H groups in total. The highest BCUT2D eigenvalue weighted by Gasteiger charge is 2.30. The predicted octanol–water partition coefficient (Wildman–Crippen LogP) is 3.57. The van der Waals surface area contributed by atoms with E-state index in [1.807, 2.05) is 6.92 Å². The smallest absolute Gasteiger partial charge is 0.369 e. The molecule has 1 aromatic heterocycles. The molecule has 2 aromatic rings. The van der Waals surface area contributed by atoms with Gasteiger partial charge in [0.2, 0.25) is 0 Å². The van der Waals surface area contributed by atoms with Crippen molar-refractivity contribution in [1.82, 2.24) is 9.97 Å². The lowest BCUT2D eigenvalue weighted by molar-refractivity contribution is -0.137. The zero-order valence-electron chi connectivity index (χ0n) is 12.3. The van der Waals surface area contributed by atoms with Crippen molar-refractivity contribution in [2.75, 3.05) is 17.2 Å². The molecular weight excluding hydrogens is 309 g/mol. The number of alkyl halides is 3. The van der Waals surface area contributed by atoms with Crippen LogP contribution in [0.15, 0.2) is 36.7 Å². The van der Waals surface area contributed by atoms with Crippen LogP contribution in [-0.4, -0.2) is 22.4 Å². The van der Waals surface area contributed by atoms with Crippen LogP contribution in [0.5, 0.6) is 0 Å². The number of hydrogen-bond donors (Lipinski definition) is 2. The number of carbonyl (C=O) groups excluding carboxylic acids is 1. The Morgan fingerprint density at radius 1 is 1.22 bits per heavy atom. The number of aromatic nitrogens is 2. The average Bonchev–Trinajstić information content (AvgIpc) is 2.53. The molecule has 1 amide bonds. The van der Waals surface area contributed by atoms with Crippen molar-refractivity contribution in [2.24, 2.45) is 0 Å². The van der Waals surface area contributed by atoms with Gasteiger partial charge in [0, 0.05) is 12.2 Å². The van der Waals surface area contributed by atoms with E-state index in [0.717, 1.165) is 25.1 Å². The molecule has 122 valence electrons. The average molecular weight is 324 g/mol. The Labute approximate surface area is 131 Å². The Morgan fingerprint density at radius 3 is 2.61 bits per heavy atom. The van der Waals surface area contributed by atoms with Gasteiger partial charge in [0.25, 0.3) is 5.91 Å². The highest BCUT2D eigenvalue weighted by atomic mass is 19.4. The van der Waals surface area contributed by atoms with E-state index < -0.39 is 17.6 Å². The number of hydrogen-bond acceptors (Lipinski definition) is 4. The second-order valence-corrected chi connectivity index (χ2v) is 4.75. The van der Waals surface area contributed by atoms with Crippen LogP contribution in [0.4, 0.5) is 24.7 Å². The van der Waals surface area contributed by atoms with Crippen LogP contribution in [0, 0.1) is 0 Å². The summed E-state index contributed by atoms with van der Waals surface area (Å²) in [5.41, 5.74) is -0.773. The summed E-state index contributed by atoms with van der Waals surface area (Å²) in [7, 11) is 0. The zero-order valence-corrected chi connectivity index (χ0v) is 12.3. The molecule has 0 fully saturated rings. The Morgan fingerprint density at radius 2 is 2.00 bits per heavy atom. The van der Waals surface area contributed by atoms with Gasteiger partial charge in [-0.25, -0.2) is 9.97 Å². The van der Waals surface area contributed by atoms with E-state index in [-0.39, 0.29) is 11.4 Å². The van der Waals surface area contributed by atoms with Crippen LogP contribution < -0.4 is 10.6 Å². The standard InChI is InChI=1S/C15H15F3N4O/c1-2-6-19-13-9-20-12(8-21-13)14(23)22-11-5-3-4-10(7-11)15(16,17)18/h3-5,7-9H,2,6H2,1H3,(H,19,21)(H,22,23). The van der Waals surface area contributed by atoms with Crippen LogP contribution in [0.1, 0.15) is 29.4 Å². The highest BCUT2D eigenvalue weighted by Crippen LogP contribution is 2.30. The summed E-state index contributed by atoms with van der Waals surface area (Å²) in [5.74, 6) is -0.0960. The van der Waals surface area contributed by atoms with E-state index in [2.05, 4.69) is 20.6 Å². The Balaban J connectivity index is 2.07. The Bertz CT molecular complexity index is 671. The Kier molecular flexibility index (Phi) is 5.15. The fourth-order valence-electron chi connectivity index (χ4n) is 1.76. The monoisotopic (exact) mass is 324 g/mol. The Hall–Kier alpha value is -2.64. The third kappa shape index (κ3) is 4.67. The van der Waals surface area contributed by atoms with Gasteiger partial charge in [-0.1, -0.05) is 13.0 Å². The predicted molar refractivity (Wildman–Crippen MR) is 80.2 cm³/mol. The van der Waals surface area contributed by atoms with Gasteiger partial charge in [-0.15, -0.1) is 0 Å². The lowest BCUT2D eigenvalue weighted by Crippen LogP contribution is -2.15. The van der Waals surface area contributed by atoms with Crippen molar-refractivity contribution >= 4 is 17.4 Å². The van der Waals surface area contributed by atoms with E-state index in [1.165, 1.54) is 24.5 Å². The minimum atomic E-state index is -4.47. The summed E-state index contributed by atoms with van der Waals surface area (Å²) in [6, 6.07) is 4.39. The van der Waals surface area contributed by atoms with Crippen molar-refractivity contribution in [3.8, 4) is 0 Å². The molecule has 5 nitrogen and oxygen atoms in total. The van der Waals surface area contributed by atoms with Gasteiger partial charge in [-0.05, 0) is 24.6 Å². The number of nitrogens with one attached hydrogen (secondary N) is 2. The first-order valence-corrected chi connectivity index (χ1v) is 6.94. The molecule has 0 aliphatic rings. The lowest BCUT2D eigenvalue weighted by Gasteiger charge is -2.09. The molecule has 0 saturated heterocycles. The topological polar surface area (TPSA) is 66.9 Å². The largest absolute Gasteiger partial charge is 0.416 e. The molecule has 23 heavy (non-hydrogen) atoms. The van der Waals surface area contributed by atoms with Crippen molar-refractivity contribution in [1.29, 1.82) is 0 Å². The van der Waals surface area contributed by atoms with E-state index in [9.17, 15) is 18.0 Å². The van der Waals surface area contributed by atoms with E-state index in [0.29, 0.717) is 5.82 Å². The number of nitrogens with zero attached hydrogens (tertiary/aromatic N) is 2. The third-order valence-electron chi connectivity index (χ3n) is 2.89. The number of carbonyl (C=O) groups is 1. The number of halogens is 3. The molecule has 1 heterocycles. The molecular formula is C15H15F3N4O. The van der Waals surface area contributed by atoms with Crippen molar-refractivity contribution < 1.29 is 18.0 Å². The highest BCUT2D eigenvalue weighted by molar-refractivity contribution is 6.02. The van der Waals surface area contributed by atoms with Gasteiger partial charge < -0.3 is 10.6 Å². The van der Waals surface area contributed by atoms with E-state index in [1.54, 1.807) is 0 Å². The van der Waals surface area contributed by atoms with Crippen LogP contribution in [0.25, 0.3) is 0 Å². The van der Waals surface area contributed by atoms with Crippen LogP contribution in [-0.2, 0) is 6.18 Å². The molecule has 8 heteroatoms. The molecule has 1 aromatic carbocycles. The maximum absolute atomic E-state index is 12.6. The molecule has 0 radical (unpaired) electrons. The van der Waals surface area contributed by atoms with Gasteiger partial charge in [-0.3, -0.25) is 4.79 Å². The van der Waals surface area contributed by atoms with Crippen LogP contribution >= 0.6 is 0 Å². The van der Waals surface area contributed by atoms with Gasteiger partial charge in [0.1, 0.15) is 11.5 Å². The maximum atomic E-state index is 12.6. The molecule has 0 aliphatic carbocycles. The van der Waals surface area contributed by atoms with Gasteiger partial charge in [0.05, 0.1) is 18.0 Å². The van der Waals surface area contributed by atoms with Crippen molar-refractivity contribution in [3.63, 3.8) is 0 Å². The second-order valence-electron chi connectivity index (χ2n) is 4.75. The normalized spacial score (nSPS) is 11.1. The summed E-state index contributed by atoms with van der Waals surface area (Å²) in [4.78, 5) is 19.9. The molecule has 0 aliphatic heterocycles. The van der Waals surface area contributed by atoms with Gasteiger partial charge in [-0.2, -0.15) is 13.2 Å². The maximum Gasteiger partial charge on any atom is 0.416 e. The molecule has 2 rings (SSSR count). The number of rotatable bonds is 5. The zero-order chi connectivity index (χ0) is 16.9. The molecule has 0 atom stereocenters. The minimum absolute atomic E-state index is 0.0180. The van der Waals surface area contributed by atoms with Crippen molar-refractivity contribution in [2.45, 2.75) is 19.5 Å². The van der Waals surface area contributed by atoms with Gasteiger partial charge >= 0.3 is 6.18 Å². The van der Waals surface area contributed by atoms with Crippen molar-refractivity contribution in [3.05, 3.63) is 47.9 Å². The fourth-order valence-corrected chi connectivity index (χ4v) is 1.76. The number of amides is 1. The van der Waals surface area contributed by atoms with E-state index >= 15 is 0 Å². The summed E-state index contributed by atoms with van der Waals surface area (Å²) in [6.45, 7) is 2.72. The molecule has 0 unspecified atom stereocenters. The molecule has 0 spiro atoms. The summed E-state index contributed by atoms with van der Waals surface area (Å²) in [6.07, 6.45) is -0.885. The quantitative estimate of drug-likeness (QED) is 0.882. The SMILES string of the molecule is CCCNc1cnc(C(=O)Nc2cccc(C(F)(F)F)c2)cn1. The van der Waals surface area contributed by atoms with Crippen LogP contribution in [0.3, 0.4) is 0 Å². The number of anilines is 2. The van der Waals surface area contributed by atoms with E-state index in [4.69, 9.17) is 0 Å². The molecule has 0 saturated carbocycles. The minimum Gasteiger partial charge on any atom is -0.369 e. The lowest BCUT2D eigenvalue weighted by atomic mass is 10.2. The fraction of sp³-hybridized carbons (Fsp3) is 0.267. The summed E-state index contributed by atoms with van der Waals surface area (Å²) in [5, 5.41) is 5.38. The summed E-state index contributed by atoms with van der Waals surface area (Å²) >= 11 is 0. The first kappa shape index (κ1) is 16.7. The number of benzene rings is 1. The van der Waals surface area contributed by atoms with Crippen LogP contribution in [0.2, 0.25) is 0 Å². The summed E-state index contributed by atoms with van der Waals surface area (Å²) < 4.78 is 37.9. The van der Waals surface area contributed by atoms with Gasteiger partial charge in [0.15, 0.2) is 0 Å². The first-order valence-electron chi connectivity index (χ1n) is 6.94. The third-order valence-corrected chi connectivity index (χ3v) is 2.89. The molecule has 0 bridgehead atoms. The first-order chi connectivity index (χ1) is 10.9.